The predicted octanol–water partition coefficient (Wildman–Crippen LogP) is 7.82. The van der Waals surface area contributed by atoms with Crippen LogP contribution < -0.4 is 4.74 Å². The SMILES string of the molecule is c1ccc(-c2cccnc2-n2c3ccccc3c3ccc(Oc4cccc(-n5cccn5)c4)cc32)cc1. The Labute approximate surface area is 213 Å². The Kier molecular flexibility index (Phi) is 5.03. The molecule has 176 valence electrons. The van der Waals surface area contributed by atoms with Crippen molar-refractivity contribution in [1.29, 1.82) is 0 Å². The molecule has 5 heteroatoms. The number of hydrogen-bond donors (Lipinski definition) is 0. The molecule has 0 atom stereocenters. The highest BCUT2D eigenvalue weighted by molar-refractivity contribution is 6.09. The van der Waals surface area contributed by atoms with Gasteiger partial charge >= 0.3 is 0 Å². The second-order valence-corrected chi connectivity index (χ2v) is 8.82. The Morgan fingerprint density at radius 1 is 0.595 bits per heavy atom. The van der Waals surface area contributed by atoms with Crippen LogP contribution in [0.5, 0.6) is 11.5 Å². The third-order valence-corrected chi connectivity index (χ3v) is 6.55. The zero-order valence-corrected chi connectivity index (χ0v) is 19.9. The molecule has 3 heterocycles. The maximum atomic E-state index is 6.35. The van der Waals surface area contributed by atoms with Gasteiger partial charge in [-0.15, -0.1) is 0 Å². The van der Waals surface area contributed by atoms with Crippen molar-refractivity contribution in [3.05, 3.63) is 134 Å². The standard InChI is InChI=1S/C32H22N4O/c1-2-9-23(10-3-1)27-14-7-18-33-32(27)36-30-15-5-4-13-28(30)29-17-16-26(22-31(29)36)37-25-12-6-11-24(21-25)35-20-8-19-34-35/h1-22H. The molecule has 0 spiro atoms. The number of para-hydroxylation sites is 1. The molecule has 37 heavy (non-hydrogen) atoms. The van der Waals surface area contributed by atoms with Crippen LogP contribution in [-0.2, 0) is 0 Å². The lowest BCUT2D eigenvalue weighted by atomic mass is 10.1. The molecule has 7 aromatic rings. The average Bonchev–Trinajstić information content (AvgIpc) is 3.61. The van der Waals surface area contributed by atoms with E-state index in [1.165, 1.54) is 5.39 Å². The van der Waals surface area contributed by atoms with E-state index in [0.717, 1.165) is 50.6 Å². The number of hydrogen-bond acceptors (Lipinski definition) is 3. The van der Waals surface area contributed by atoms with Gasteiger partial charge in [-0.3, -0.25) is 4.57 Å². The summed E-state index contributed by atoms with van der Waals surface area (Å²) in [6, 6.07) is 39.0. The van der Waals surface area contributed by atoms with E-state index in [4.69, 9.17) is 9.72 Å². The summed E-state index contributed by atoms with van der Waals surface area (Å²) in [5.74, 6) is 2.39. The number of aromatic nitrogens is 4. The predicted molar refractivity (Wildman–Crippen MR) is 148 cm³/mol. The maximum Gasteiger partial charge on any atom is 0.145 e. The smallest absolute Gasteiger partial charge is 0.145 e. The molecule has 0 fully saturated rings. The minimum Gasteiger partial charge on any atom is -0.457 e. The minimum absolute atomic E-state index is 0.748. The van der Waals surface area contributed by atoms with Gasteiger partial charge < -0.3 is 4.74 Å². The summed E-state index contributed by atoms with van der Waals surface area (Å²) >= 11 is 0. The van der Waals surface area contributed by atoms with Crippen molar-refractivity contribution in [3.63, 3.8) is 0 Å². The number of nitrogens with zero attached hydrogens (tertiary/aromatic N) is 4. The summed E-state index contributed by atoms with van der Waals surface area (Å²) in [4.78, 5) is 4.86. The number of benzene rings is 4. The van der Waals surface area contributed by atoms with Crippen molar-refractivity contribution in [3.8, 4) is 34.1 Å². The molecule has 7 rings (SSSR count). The van der Waals surface area contributed by atoms with Gasteiger partial charge in [0.15, 0.2) is 0 Å². The third kappa shape index (κ3) is 3.74. The summed E-state index contributed by atoms with van der Waals surface area (Å²) in [6.07, 6.45) is 5.53. The van der Waals surface area contributed by atoms with Crippen LogP contribution in [0, 0.1) is 0 Å². The number of rotatable bonds is 5. The van der Waals surface area contributed by atoms with Crippen molar-refractivity contribution in [2.45, 2.75) is 0 Å². The van der Waals surface area contributed by atoms with E-state index in [2.05, 4.69) is 76.4 Å². The van der Waals surface area contributed by atoms with E-state index in [1.807, 2.05) is 65.6 Å². The van der Waals surface area contributed by atoms with Crippen molar-refractivity contribution in [1.82, 2.24) is 19.3 Å². The highest BCUT2D eigenvalue weighted by Crippen LogP contribution is 2.37. The number of pyridine rings is 1. The molecule has 0 bridgehead atoms. The normalized spacial score (nSPS) is 11.2. The van der Waals surface area contributed by atoms with Gasteiger partial charge in [0.05, 0.1) is 16.7 Å². The highest BCUT2D eigenvalue weighted by Gasteiger charge is 2.17. The van der Waals surface area contributed by atoms with Crippen LogP contribution in [0.1, 0.15) is 0 Å². The second-order valence-electron chi connectivity index (χ2n) is 8.82. The molecule has 5 nitrogen and oxygen atoms in total. The molecule has 0 radical (unpaired) electrons. The summed E-state index contributed by atoms with van der Waals surface area (Å²) in [6.45, 7) is 0. The minimum atomic E-state index is 0.748. The summed E-state index contributed by atoms with van der Waals surface area (Å²) in [5.41, 5.74) is 5.28. The Morgan fingerprint density at radius 2 is 1.43 bits per heavy atom. The van der Waals surface area contributed by atoms with Gasteiger partial charge in [-0.05, 0) is 54.1 Å². The van der Waals surface area contributed by atoms with Gasteiger partial charge in [0.25, 0.3) is 0 Å². The van der Waals surface area contributed by atoms with E-state index in [0.29, 0.717) is 0 Å². The topological polar surface area (TPSA) is 44.9 Å². The molecular formula is C32H22N4O. The molecule has 4 aromatic carbocycles. The van der Waals surface area contributed by atoms with Crippen LogP contribution in [0.4, 0.5) is 0 Å². The number of ether oxygens (including phenoxy) is 1. The van der Waals surface area contributed by atoms with Crippen molar-refractivity contribution < 1.29 is 4.74 Å². The zero-order chi connectivity index (χ0) is 24.6. The van der Waals surface area contributed by atoms with Crippen LogP contribution in [-0.4, -0.2) is 19.3 Å². The van der Waals surface area contributed by atoms with Crippen molar-refractivity contribution in [2.24, 2.45) is 0 Å². The first-order valence-corrected chi connectivity index (χ1v) is 12.2. The summed E-state index contributed by atoms with van der Waals surface area (Å²) in [7, 11) is 0. The summed E-state index contributed by atoms with van der Waals surface area (Å²) in [5, 5.41) is 6.66. The van der Waals surface area contributed by atoms with Gasteiger partial charge in [0.2, 0.25) is 0 Å². The van der Waals surface area contributed by atoms with Gasteiger partial charge in [0.1, 0.15) is 17.3 Å². The Hall–Kier alpha value is -5.16. The van der Waals surface area contributed by atoms with Gasteiger partial charge in [0, 0.05) is 47.1 Å². The first-order chi connectivity index (χ1) is 18.3. The fourth-order valence-corrected chi connectivity index (χ4v) is 4.91. The molecule has 0 saturated carbocycles. The number of fused-ring (bicyclic) bond motifs is 3. The highest BCUT2D eigenvalue weighted by atomic mass is 16.5. The van der Waals surface area contributed by atoms with Crippen LogP contribution in [0.2, 0.25) is 0 Å². The fourth-order valence-electron chi connectivity index (χ4n) is 4.91. The Morgan fingerprint density at radius 3 is 2.32 bits per heavy atom. The van der Waals surface area contributed by atoms with Crippen LogP contribution in [0.25, 0.3) is 44.4 Å². The van der Waals surface area contributed by atoms with E-state index < -0.39 is 0 Å². The molecule has 0 aliphatic carbocycles. The fraction of sp³-hybridized carbons (Fsp3) is 0. The largest absolute Gasteiger partial charge is 0.457 e. The first kappa shape index (κ1) is 21.1. The van der Waals surface area contributed by atoms with Gasteiger partial charge in [-0.25, -0.2) is 9.67 Å². The molecule has 0 aliphatic rings. The van der Waals surface area contributed by atoms with Crippen LogP contribution >= 0.6 is 0 Å². The van der Waals surface area contributed by atoms with Crippen LogP contribution in [0.3, 0.4) is 0 Å². The molecule has 0 saturated heterocycles. The molecule has 0 aliphatic heterocycles. The molecule has 0 unspecified atom stereocenters. The zero-order valence-electron chi connectivity index (χ0n) is 19.9. The van der Waals surface area contributed by atoms with Crippen LogP contribution in [0.15, 0.2) is 134 Å². The summed E-state index contributed by atoms with van der Waals surface area (Å²) < 4.78 is 10.4. The molecule has 0 amide bonds. The lowest BCUT2D eigenvalue weighted by Gasteiger charge is -2.13. The van der Waals surface area contributed by atoms with Gasteiger partial charge in [-0.2, -0.15) is 5.10 Å². The first-order valence-electron chi connectivity index (χ1n) is 12.2. The Balaban J connectivity index is 1.39. The molecule has 0 N–H and O–H groups in total. The second kappa shape index (κ2) is 8.81. The van der Waals surface area contributed by atoms with E-state index in [-0.39, 0.29) is 0 Å². The quantitative estimate of drug-likeness (QED) is 0.253. The van der Waals surface area contributed by atoms with E-state index >= 15 is 0 Å². The van der Waals surface area contributed by atoms with Crippen molar-refractivity contribution >= 4 is 21.8 Å². The maximum absolute atomic E-state index is 6.35. The molecule has 3 aromatic heterocycles. The van der Waals surface area contributed by atoms with Crippen molar-refractivity contribution in [2.75, 3.05) is 0 Å². The van der Waals surface area contributed by atoms with E-state index in [9.17, 15) is 0 Å². The van der Waals surface area contributed by atoms with E-state index in [1.54, 1.807) is 6.20 Å². The lowest BCUT2D eigenvalue weighted by molar-refractivity contribution is 0.483. The lowest BCUT2D eigenvalue weighted by Crippen LogP contribution is -2.00. The Bertz CT molecular complexity index is 1850. The third-order valence-electron chi connectivity index (χ3n) is 6.55. The average molecular weight is 479 g/mol. The monoisotopic (exact) mass is 478 g/mol. The molecular weight excluding hydrogens is 456 g/mol. The van der Waals surface area contributed by atoms with Gasteiger partial charge in [-0.1, -0.05) is 54.6 Å².